The molecular formula is C16H22N2OS. The zero-order valence-electron chi connectivity index (χ0n) is 12.4. The van der Waals surface area contributed by atoms with Crippen molar-refractivity contribution in [2.45, 2.75) is 20.8 Å². The molecule has 0 saturated heterocycles. The summed E-state index contributed by atoms with van der Waals surface area (Å²) in [6.45, 7) is 9.96. The van der Waals surface area contributed by atoms with E-state index in [1.807, 2.05) is 19.1 Å². The Bertz CT molecular complexity index is 587. The van der Waals surface area contributed by atoms with Gasteiger partial charge in [-0.15, -0.1) is 11.3 Å². The zero-order chi connectivity index (χ0) is 14.5. The highest BCUT2D eigenvalue weighted by molar-refractivity contribution is 7.21. The van der Waals surface area contributed by atoms with Crippen molar-refractivity contribution in [3.8, 4) is 0 Å². The van der Waals surface area contributed by atoms with Crippen molar-refractivity contribution in [3.63, 3.8) is 0 Å². The number of thiophene rings is 1. The minimum absolute atomic E-state index is 0.0517. The van der Waals surface area contributed by atoms with Crippen LogP contribution in [0.1, 0.15) is 29.1 Å². The van der Waals surface area contributed by atoms with Crippen molar-refractivity contribution in [2.75, 3.05) is 26.2 Å². The normalized spacial score (nSPS) is 11.2. The number of likely N-dealkylation sites (N-methyl/N-ethyl adjacent to an activating group) is 1. The Hall–Kier alpha value is -1.39. The molecule has 0 aliphatic heterocycles. The second-order valence-electron chi connectivity index (χ2n) is 4.84. The summed E-state index contributed by atoms with van der Waals surface area (Å²) >= 11 is 1.58. The largest absolute Gasteiger partial charge is 0.350 e. The molecule has 0 saturated carbocycles. The van der Waals surface area contributed by atoms with Crippen molar-refractivity contribution in [1.82, 2.24) is 10.2 Å². The van der Waals surface area contributed by atoms with Gasteiger partial charge in [-0.1, -0.05) is 32.0 Å². The molecule has 0 bridgehead atoms. The van der Waals surface area contributed by atoms with Gasteiger partial charge in [0.1, 0.15) is 0 Å². The summed E-state index contributed by atoms with van der Waals surface area (Å²) in [7, 11) is 0. The number of nitrogens with one attached hydrogen (secondary N) is 1. The molecule has 0 aliphatic carbocycles. The van der Waals surface area contributed by atoms with Crippen LogP contribution in [0.25, 0.3) is 10.1 Å². The lowest BCUT2D eigenvalue weighted by molar-refractivity contribution is 0.0952. The molecule has 20 heavy (non-hydrogen) atoms. The van der Waals surface area contributed by atoms with Crippen LogP contribution < -0.4 is 5.32 Å². The molecule has 1 N–H and O–H groups in total. The Morgan fingerprint density at radius 1 is 1.25 bits per heavy atom. The van der Waals surface area contributed by atoms with Gasteiger partial charge in [-0.25, -0.2) is 0 Å². The van der Waals surface area contributed by atoms with E-state index in [4.69, 9.17) is 0 Å². The van der Waals surface area contributed by atoms with Crippen LogP contribution in [0.3, 0.4) is 0 Å². The number of fused-ring (bicyclic) bond motifs is 1. The van der Waals surface area contributed by atoms with Crippen LogP contribution in [0.15, 0.2) is 24.3 Å². The van der Waals surface area contributed by atoms with E-state index in [0.717, 1.165) is 30.1 Å². The fourth-order valence-corrected chi connectivity index (χ4v) is 3.46. The van der Waals surface area contributed by atoms with Gasteiger partial charge in [-0.2, -0.15) is 0 Å². The average molecular weight is 290 g/mol. The fraction of sp³-hybridized carbons (Fsp3) is 0.438. The molecule has 3 nitrogen and oxygen atoms in total. The van der Waals surface area contributed by atoms with E-state index in [1.165, 1.54) is 10.1 Å². The van der Waals surface area contributed by atoms with Gasteiger partial charge in [-0.05, 0) is 37.0 Å². The minimum atomic E-state index is 0.0517. The molecule has 1 amide bonds. The van der Waals surface area contributed by atoms with Gasteiger partial charge in [0.05, 0.1) is 4.88 Å². The molecule has 1 aromatic heterocycles. The summed E-state index contributed by atoms with van der Waals surface area (Å²) in [5.41, 5.74) is 1.09. The summed E-state index contributed by atoms with van der Waals surface area (Å²) in [6.07, 6.45) is 0. The number of carbonyl (C=O) groups excluding carboxylic acids is 1. The summed E-state index contributed by atoms with van der Waals surface area (Å²) in [5.74, 6) is 0.0517. The third-order valence-electron chi connectivity index (χ3n) is 3.66. The third kappa shape index (κ3) is 3.19. The highest BCUT2D eigenvalue weighted by Crippen LogP contribution is 2.30. The molecule has 1 heterocycles. The van der Waals surface area contributed by atoms with Gasteiger partial charge in [0.15, 0.2) is 0 Å². The second kappa shape index (κ2) is 6.86. The number of hydrogen-bond acceptors (Lipinski definition) is 3. The van der Waals surface area contributed by atoms with E-state index >= 15 is 0 Å². The van der Waals surface area contributed by atoms with Crippen LogP contribution in [-0.2, 0) is 0 Å². The second-order valence-corrected chi connectivity index (χ2v) is 5.89. The summed E-state index contributed by atoms with van der Waals surface area (Å²) in [4.78, 5) is 15.4. The zero-order valence-corrected chi connectivity index (χ0v) is 13.2. The smallest absolute Gasteiger partial charge is 0.261 e. The maximum Gasteiger partial charge on any atom is 0.261 e. The molecule has 0 aliphatic rings. The number of rotatable bonds is 6. The van der Waals surface area contributed by atoms with Gasteiger partial charge in [0.25, 0.3) is 5.91 Å². The van der Waals surface area contributed by atoms with Gasteiger partial charge in [-0.3, -0.25) is 4.79 Å². The Balaban J connectivity index is 2.03. The van der Waals surface area contributed by atoms with Crippen molar-refractivity contribution < 1.29 is 4.79 Å². The average Bonchev–Trinajstić information content (AvgIpc) is 2.81. The molecular weight excluding hydrogens is 268 g/mol. The van der Waals surface area contributed by atoms with E-state index in [1.54, 1.807) is 11.3 Å². The van der Waals surface area contributed by atoms with Gasteiger partial charge < -0.3 is 10.2 Å². The predicted octanol–water partition coefficient (Wildman–Crippen LogP) is 3.28. The summed E-state index contributed by atoms with van der Waals surface area (Å²) in [6, 6.07) is 8.18. The first-order valence-electron chi connectivity index (χ1n) is 7.16. The van der Waals surface area contributed by atoms with Crippen LogP contribution >= 0.6 is 11.3 Å². The first-order valence-corrected chi connectivity index (χ1v) is 7.97. The standard InChI is InChI=1S/C16H22N2OS/c1-4-18(5-2)11-10-17-16(19)15-12(3)13-8-6-7-9-14(13)20-15/h6-9H,4-5,10-11H2,1-3H3,(H,17,19). The molecule has 0 atom stereocenters. The first-order chi connectivity index (χ1) is 9.67. The summed E-state index contributed by atoms with van der Waals surface area (Å²) in [5, 5.41) is 4.22. The Labute approximate surface area is 124 Å². The Morgan fingerprint density at radius 3 is 2.60 bits per heavy atom. The number of nitrogens with zero attached hydrogens (tertiary/aromatic N) is 1. The quantitative estimate of drug-likeness (QED) is 0.885. The number of amides is 1. The van der Waals surface area contributed by atoms with Crippen molar-refractivity contribution in [3.05, 3.63) is 34.7 Å². The van der Waals surface area contributed by atoms with Crippen molar-refractivity contribution >= 4 is 27.3 Å². The maximum absolute atomic E-state index is 12.3. The van der Waals surface area contributed by atoms with E-state index in [9.17, 15) is 4.79 Å². The monoisotopic (exact) mass is 290 g/mol. The first kappa shape index (κ1) is 15.0. The molecule has 108 valence electrons. The van der Waals surface area contributed by atoms with Crippen LogP contribution in [0, 0.1) is 6.92 Å². The number of benzene rings is 1. The van der Waals surface area contributed by atoms with Crippen LogP contribution in [-0.4, -0.2) is 37.0 Å². The van der Waals surface area contributed by atoms with Crippen molar-refractivity contribution in [1.29, 1.82) is 0 Å². The maximum atomic E-state index is 12.3. The minimum Gasteiger partial charge on any atom is -0.350 e. The fourth-order valence-electron chi connectivity index (χ4n) is 2.34. The van der Waals surface area contributed by atoms with Crippen LogP contribution in [0.5, 0.6) is 0 Å². The molecule has 4 heteroatoms. The number of carbonyl (C=O) groups is 1. The number of hydrogen-bond donors (Lipinski definition) is 1. The molecule has 0 spiro atoms. The van der Waals surface area contributed by atoms with Crippen molar-refractivity contribution in [2.24, 2.45) is 0 Å². The number of aryl methyl sites for hydroxylation is 1. The SMILES string of the molecule is CCN(CC)CCNC(=O)c1sc2ccccc2c1C. The lowest BCUT2D eigenvalue weighted by Crippen LogP contribution is -2.34. The highest BCUT2D eigenvalue weighted by Gasteiger charge is 2.14. The molecule has 2 rings (SSSR count). The Kier molecular flexibility index (Phi) is 5.15. The highest BCUT2D eigenvalue weighted by atomic mass is 32.1. The van der Waals surface area contributed by atoms with Gasteiger partial charge >= 0.3 is 0 Å². The van der Waals surface area contributed by atoms with E-state index in [0.29, 0.717) is 6.54 Å². The Morgan fingerprint density at radius 2 is 1.95 bits per heavy atom. The lowest BCUT2D eigenvalue weighted by atomic mass is 10.1. The topological polar surface area (TPSA) is 32.3 Å². The third-order valence-corrected chi connectivity index (χ3v) is 4.93. The van der Waals surface area contributed by atoms with Gasteiger partial charge in [0, 0.05) is 17.8 Å². The van der Waals surface area contributed by atoms with Gasteiger partial charge in [0.2, 0.25) is 0 Å². The molecule has 0 radical (unpaired) electrons. The summed E-state index contributed by atoms with van der Waals surface area (Å²) < 4.78 is 1.18. The van der Waals surface area contributed by atoms with E-state index in [2.05, 4.69) is 36.2 Å². The van der Waals surface area contributed by atoms with Crippen LogP contribution in [0.2, 0.25) is 0 Å². The van der Waals surface area contributed by atoms with E-state index in [-0.39, 0.29) is 5.91 Å². The molecule has 0 unspecified atom stereocenters. The predicted molar refractivity (Wildman–Crippen MR) is 86.7 cm³/mol. The van der Waals surface area contributed by atoms with Crippen LogP contribution in [0.4, 0.5) is 0 Å². The van der Waals surface area contributed by atoms with E-state index < -0.39 is 0 Å². The molecule has 1 aromatic carbocycles. The molecule has 2 aromatic rings. The lowest BCUT2D eigenvalue weighted by Gasteiger charge is -2.17. The molecule has 0 fully saturated rings.